The lowest BCUT2D eigenvalue weighted by Crippen LogP contribution is -2.07. The van der Waals surface area contributed by atoms with Crippen LogP contribution < -0.4 is 10.5 Å². The van der Waals surface area contributed by atoms with Crippen LogP contribution in [0.3, 0.4) is 0 Å². The summed E-state index contributed by atoms with van der Waals surface area (Å²) >= 11 is 5.48. The van der Waals surface area contributed by atoms with Gasteiger partial charge >= 0.3 is 0 Å². The first-order valence-electron chi connectivity index (χ1n) is 5.31. The first-order valence-corrected chi connectivity index (χ1v) is 7.15. The minimum Gasteiger partial charge on any atom is -0.497 e. The van der Waals surface area contributed by atoms with E-state index in [0.717, 1.165) is 28.9 Å². The van der Waals surface area contributed by atoms with E-state index in [1.165, 1.54) is 5.56 Å². The predicted octanol–water partition coefficient (Wildman–Crippen LogP) is 3.43. The van der Waals surface area contributed by atoms with E-state index in [2.05, 4.69) is 28.9 Å². The van der Waals surface area contributed by atoms with Crippen LogP contribution in [0.4, 0.5) is 0 Å². The Hall–Kier alpha value is -0.190. The fourth-order valence-electron chi connectivity index (χ4n) is 1.34. The lowest BCUT2D eigenvalue weighted by atomic mass is 10.2. The molecule has 0 heterocycles. The second-order valence-corrected chi connectivity index (χ2v) is 5.94. The number of nitrogens with two attached hydrogens (primary N) is 1. The fraction of sp³-hybridized carbons (Fsp3) is 0.500. The number of benzene rings is 1. The molecular weight excluding hydrogens is 286 g/mol. The average molecular weight is 304 g/mol. The normalized spacial score (nSPS) is 12.5. The Balaban J connectivity index is 2.58. The number of thioether (sulfide) groups is 1. The molecule has 0 aliphatic heterocycles. The SMILES string of the molecule is COc1ccc(Br)c(CSC(C)CCN)c1. The molecule has 0 amide bonds. The molecule has 1 aromatic rings. The third-order valence-corrected chi connectivity index (χ3v) is 4.41. The lowest BCUT2D eigenvalue weighted by Gasteiger charge is -2.11. The minimum absolute atomic E-state index is 0.600. The van der Waals surface area contributed by atoms with Gasteiger partial charge in [0.2, 0.25) is 0 Å². The van der Waals surface area contributed by atoms with Crippen molar-refractivity contribution in [2.24, 2.45) is 5.73 Å². The van der Waals surface area contributed by atoms with Crippen LogP contribution >= 0.6 is 27.7 Å². The molecule has 0 aliphatic rings. The number of rotatable bonds is 6. The second kappa shape index (κ2) is 7.20. The molecular formula is C12H18BrNOS. The minimum atomic E-state index is 0.600. The van der Waals surface area contributed by atoms with Gasteiger partial charge in [0.25, 0.3) is 0 Å². The Bertz CT molecular complexity index is 333. The van der Waals surface area contributed by atoms with Gasteiger partial charge in [-0.05, 0) is 36.7 Å². The molecule has 0 aromatic heterocycles. The van der Waals surface area contributed by atoms with Crippen LogP contribution in [0.1, 0.15) is 18.9 Å². The number of halogens is 1. The molecule has 0 spiro atoms. The number of hydrogen-bond donors (Lipinski definition) is 1. The molecule has 2 nitrogen and oxygen atoms in total. The third kappa shape index (κ3) is 4.36. The number of ether oxygens (including phenoxy) is 1. The van der Waals surface area contributed by atoms with Crippen LogP contribution in [0.15, 0.2) is 22.7 Å². The molecule has 16 heavy (non-hydrogen) atoms. The van der Waals surface area contributed by atoms with Crippen molar-refractivity contribution < 1.29 is 4.74 Å². The number of methoxy groups -OCH3 is 1. The van der Waals surface area contributed by atoms with Crippen molar-refractivity contribution in [3.05, 3.63) is 28.2 Å². The maximum Gasteiger partial charge on any atom is 0.119 e. The lowest BCUT2D eigenvalue weighted by molar-refractivity contribution is 0.414. The Kier molecular flexibility index (Phi) is 6.24. The van der Waals surface area contributed by atoms with Gasteiger partial charge in [0.1, 0.15) is 5.75 Å². The summed E-state index contributed by atoms with van der Waals surface area (Å²) in [6.07, 6.45) is 1.06. The molecule has 1 rings (SSSR count). The van der Waals surface area contributed by atoms with E-state index >= 15 is 0 Å². The van der Waals surface area contributed by atoms with Gasteiger partial charge in [0, 0.05) is 15.5 Å². The first kappa shape index (κ1) is 13.9. The van der Waals surface area contributed by atoms with Crippen molar-refractivity contribution in [1.29, 1.82) is 0 Å². The highest BCUT2D eigenvalue weighted by molar-refractivity contribution is 9.10. The zero-order chi connectivity index (χ0) is 12.0. The third-order valence-electron chi connectivity index (χ3n) is 2.35. The molecule has 0 radical (unpaired) electrons. The maximum absolute atomic E-state index is 5.53. The van der Waals surface area contributed by atoms with Gasteiger partial charge in [-0.15, -0.1) is 0 Å². The van der Waals surface area contributed by atoms with E-state index in [-0.39, 0.29) is 0 Å². The maximum atomic E-state index is 5.53. The van der Waals surface area contributed by atoms with E-state index in [1.54, 1.807) is 7.11 Å². The molecule has 1 unspecified atom stereocenters. The second-order valence-electron chi connectivity index (χ2n) is 3.66. The summed E-state index contributed by atoms with van der Waals surface area (Å²) in [4.78, 5) is 0. The summed E-state index contributed by atoms with van der Waals surface area (Å²) in [5.41, 5.74) is 6.80. The van der Waals surface area contributed by atoms with Gasteiger partial charge in [-0.2, -0.15) is 11.8 Å². The average Bonchev–Trinajstić information content (AvgIpc) is 2.28. The van der Waals surface area contributed by atoms with Gasteiger partial charge in [0.05, 0.1) is 7.11 Å². The summed E-state index contributed by atoms with van der Waals surface area (Å²) in [6.45, 7) is 2.97. The van der Waals surface area contributed by atoms with Gasteiger partial charge in [-0.1, -0.05) is 22.9 Å². The Morgan fingerprint density at radius 2 is 2.25 bits per heavy atom. The van der Waals surface area contributed by atoms with Gasteiger partial charge in [-0.25, -0.2) is 0 Å². The molecule has 0 bridgehead atoms. The zero-order valence-corrected chi connectivity index (χ0v) is 12.1. The standard InChI is InChI=1S/C12H18BrNOS/c1-9(5-6-14)16-8-10-7-11(15-2)3-4-12(10)13/h3-4,7,9H,5-6,8,14H2,1-2H3. The molecule has 1 atom stereocenters. The summed E-state index contributed by atoms with van der Waals surface area (Å²) in [6, 6.07) is 6.07. The highest BCUT2D eigenvalue weighted by Crippen LogP contribution is 2.28. The molecule has 90 valence electrons. The highest BCUT2D eigenvalue weighted by atomic mass is 79.9. The van der Waals surface area contributed by atoms with Crippen molar-refractivity contribution >= 4 is 27.7 Å². The summed E-state index contributed by atoms with van der Waals surface area (Å²) in [5.74, 6) is 1.89. The molecule has 0 aliphatic carbocycles. The van der Waals surface area contributed by atoms with Crippen LogP contribution in [0.25, 0.3) is 0 Å². The monoisotopic (exact) mass is 303 g/mol. The Morgan fingerprint density at radius 1 is 1.50 bits per heavy atom. The predicted molar refractivity (Wildman–Crippen MR) is 75.1 cm³/mol. The molecule has 0 saturated carbocycles. The van der Waals surface area contributed by atoms with Crippen molar-refractivity contribution in [3.8, 4) is 5.75 Å². The van der Waals surface area contributed by atoms with E-state index < -0.39 is 0 Å². The van der Waals surface area contributed by atoms with Crippen LogP contribution in [0, 0.1) is 0 Å². The van der Waals surface area contributed by atoms with E-state index in [4.69, 9.17) is 10.5 Å². The van der Waals surface area contributed by atoms with Gasteiger partial charge in [0.15, 0.2) is 0 Å². The topological polar surface area (TPSA) is 35.2 Å². The van der Waals surface area contributed by atoms with Crippen LogP contribution in [-0.4, -0.2) is 18.9 Å². The summed E-state index contributed by atoms with van der Waals surface area (Å²) in [7, 11) is 1.69. The van der Waals surface area contributed by atoms with E-state index in [0.29, 0.717) is 5.25 Å². The Labute approximate surface area is 110 Å². The van der Waals surface area contributed by atoms with Crippen molar-refractivity contribution in [2.75, 3.05) is 13.7 Å². The van der Waals surface area contributed by atoms with Crippen LogP contribution in [0.2, 0.25) is 0 Å². The van der Waals surface area contributed by atoms with E-state index in [1.807, 2.05) is 23.9 Å². The van der Waals surface area contributed by atoms with Crippen molar-refractivity contribution in [2.45, 2.75) is 24.3 Å². The molecule has 1 aromatic carbocycles. The highest BCUT2D eigenvalue weighted by Gasteiger charge is 2.06. The summed E-state index contributed by atoms with van der Waals surface area (Å²) < 4.78 is 6.35. The molecule has 4 heteroatoms. The smallest absolute Gasteiger partial charge is 0.119 e. The quantitative estimate of drug-likeness (QED) is 0.874. The van der Waals surface area contributed by atoms with Gasteiger partial charge in [-0.3, -0.25) is 0 Å². The van der Waals surface area contributed by atoms with E-state index in [9.17, 15) is 0 Å². The molecule has 2 N–H and O–H groups in total. The first-order chi connectivity index (χ1) is 7.67. The van der Waals surface area contributed by atoms with Gasteiger partial charge < -0.3 is 10.5 Å². The zero-order valence-electron chi connectivity index (χ0n) is 9.70. The van der Waals surface area contributed by atoms with Crippen molar-refractivity contribution in [3.63, 3.8) is 0 Å². The molecule has 0 fully saturated rings. The number of hydrogen-bond acceptors (Lipinski definition) is 3. The fourth-order valence-corrected chi connectivity index (χ4v) is 2.92. The summed E-state index contributed by atoms with van der Waals surface area (Å²) in [5, 5.41) is 0.600. The van der Waals surface area contributed by atoms with Crippen molar-refractivity contribution in [1.82, 2.24) is 0 Å². The molecule has 0 saturated heterocycles. The van der Waals surface area contributed by atoms with Crippen LogP contribution in [0.5, 0.6) is 5.75 Å². The largest absolute Gasteiger partial charge is 0.497 e. The Morgan fingerprint density at radius 3 is 2.88 bits per heavy atom. The van der Waals surface area contributed by atoms with Crippen LogP contribution in [-0.2, 0) is 5.75 Å².